The van der Waals surface area contributed by atoms with Gasteiger partial charge in [0, 0.05) is 11.4 Å². The van der Waals surface area contributed by atoms with Crippen molar-refractivity contribution in [2.45, 2.75) is 65.2 Å². The molecule has 2 aromatic carbocycles. The van der Waals surface area contributed by atoms with Crippen LogP contribution in [-0.4, -0.2) is 6.61 Å². The van der Waals surface area contributed by atoms with Crippen molar-refractivity contribution < 1.29 is 4.74 Å². The highest BCUT2D eigenvalue weighted by atomic mass is 16.5. The molecular formula is C25H35NO. The Morgan fingerprint density at radius 3 is 2.22 bits per heavy atom. The van der Waals surface area contributed by atoms with Crippen molar-refractivity contribution in [2.75, 3.05) is 11.9 Å². The van der Waals surface area contributed by atoms with E-state index in [2.05, 4.69) is 79.8 Å². The predicted octanol–water partition coefficient (Wildman–Crippen LogP) is 7.68. The molecule has 0 unspecified atom stereocenters. The molecule has 2 aromatic rings. The van der Waals surface area contributed by atoms with Gasteiger partial charge in [-0.3, -0.25) is 0 Å². The number of anilines is 1. The normalized spacial score (nSPS) is 11.4. The fourth-order valence-electron chi connectivity index (χ4n) is 2.99. The summed E-state index contributed by atoms with van der Waals surface area (Å²) < 4.78 is 5.77. The molecular weight excluding hydrogens is 330 g/mol. The van der Waals surface area contributed by atoms with Gasteiger partial charge in [0.15, 0.2) is 0 Å². The largest absolute Gasteiger partial charge is 0.494 e. The Hall–Kier alpha value is -2.22. The van der Waals surface area contributed by atoms with E-state index in [9.17, 15) is 0 Å². The summed E-state index contributed by atoms with van der Waals surface area (Å²) in [5.41, 5.74) is 3.64. The van der Waals surface area contributed by atoms with Crippen LogP contribution < -0.4 is 10.1 Å². The van der Waals surface area contributed by atoms with Gasteiger partial charge in [-0.2, -0.15) is 0 Å². The van der Waals surface area contributed by atoms with Crippen molar-refractivity contribution in [3.8, 4) is 5.75 Å². The summed E-state index contributed by atoms with van der Waals surface area (Å²) in [6.45, 7) is 5.24. The molecule has 2 rings (SSSR count). The average Bonchev–Trinajstić information content (AvgIpc) is 2.70. The highest BCUT2D eigenvalue weighted by Crippen LogP contribution is 2.20. The van der Waals surface area contributed by atoms with Gasteiger partial charge < -0.3 is 10.1 Å². The fraction of sp³-hybridized carbons (Fsp3) is 0.440. The molecule has 0 aliphatic carbocycles. The first kappa shape index (κ1) is 21.1. The molecule has 27 heavy (non-hydrogen) atoms. The van der Waals surface area contributed by atoms with Gasteiger partial charge in [0.25, 0.3) is 0 Å². The zero-order valence-electron chi connectivity index (χ0n) is 17.0. The van der Waals surface area contributed by atoms with Crippen LogP contribution in [0.4, 0.5) is 5.69 Å². The second-order valence-electron chi connectivity index (χ2n) is 7.10. The van der Waals surface area contributed by atoms with Gasteiger partial charge in [-0.15, -0.1) is 0 Å². The molecule has 0 aliphatic heterocycles. The third-order valence-corrected chi connectivity index (χ3v) is 4.62. The lowest BCUT2D eigenvalue weighted by Crippen LogP contribution is -2.00. The van der Waals surface area contributed by atoms with Crippen LogP contribution in [0.1, 0.15) is 70.8 Å². The SMILES string of the molecule is CCCCCCC/C(=C\c1ccc(OCCCC)cc1)Nc1ccccc1. The maximum absolute atomic E-state index is 5.77. The second kappa shape index (κ2) is 13.0. The van der Waals surface area contributed by atoms with Crippen molar-refractivity contribution in [1.82, 2.24) is 0 Å². The van der Waals surface area contributed by atoms with Crippen LogP contribution >= 0.6 is 0 Å². The van der Waals surface area contributed by atoms with Crippen molar-refractivity contribution in [2.24, 2.45) is 0 Å². The summed E-state index contributed by atoms with van der Waals surface area (Å²) >= 11 is 0. The summed E-state index contributed by atoms with van der Waals surface area (Å²) in [6, 6.07) is 18.9. The summed E-state index contributed by atoms with van der Waals surface area (Å²) in [5, 5.41) is 3.60. The van der Waals surface area contributed by atoms with Crippen LogP contribution in [0.15, 0.2) is 60.3 Å². The lowest BCUT2D eigenvalue weighted by Gasteiger charge is -2.12. The Morgan fingerprint density at radius 2 is 1.52 bits per heavy atom. The van der Waals surface area contributed by atoms with Gasteiger partial charge in [0.1, 0.15) is 5.75 Å². The molecule has 2 heteroatoms. The standard InChI is InChI=1S/C25H35NO/c1-3-5-7-8-10-15-24(26-23-13-11-9-12-14-23)21-22-16-18-25(19-17-22)27-20-6-4-2/h9,11-14,16-19,21,26H,3-8,10,15,20H2,1-2H3/b24-21+. The van der Waals surface area contributed by atoms with E-state index in [-0.39, 0.29) is 0 Å². The summed E-state index contributed by atoms with van der Waals surface area (Å²) in [4.78, 5) is 0. The highest BCUT2D eigenvalue weighted by molar-refractivity contribution is 5.60. The van der Waals surface area contributed by atoms with Crippen molar-refractivity contribution in [1.29, 1.82) is 0 Å². The van der Waals surface area contributed by atoms with E-state index in [1.165, 1.54) is 43.4 Å². The average molecular weight is 366 g/mol. The van der Waals surface area contributed by atoms with E-state index in [0.717, 1.165) is 37.3 Å². The summed E-state index contributed by atoms with van der Waals surface area (Å²) in [6.07, 6.45) is 12.1. The van der Waals surface area contributed by atoms with Crippen LogP contribution in [-0.2, 0) is 0 Å². The minimum Gasteiger partial charge on any atom is -0.494 e. The molecule has 0 aromatic heterocycles. The zero-order chi connectivity index (χ0) is 19.2. The van der Waals surface area contributed by atoms with Gasteiger partial charge in [-0.05, 0) is 55.2 Å². The molecule has 0 saturated heterocycles. The van der Waals surface area contributed by atoms with Crippen LogP contribution in [0, 0.1) is 0 Å². The molecule has 0 atom stereocenters. The number of hydrogen-bond donors (Lipinski definition) is 1. The first-order valence-electron chi connectivity index (χ1n) is 10.6. The van der Waals surface area contributed by atoms with Gasteiger partial charge in [0.05, 0.1) is 6.61 Å². The van der Waals surface area contributed by atoms with Crippen molar-refractivity contribution >= 4 is 11.8 Å². The van der Waals surface area contributed by atoms with Gasteiger partial charge in [-0.25, -0.2) is 0 Å². The molecule has 0 spiro atoms. The van der Waals surface area contributed by atoms with E-state index in [0.29, 0.717) is 0 Å². The summed E-state index contributed by atoms with van der Waals surface area (Å²) in [5.74, 6) is 0.956. The first-order valence-corrected chi connectivity index (χ1v) is 10.6. The summed E-state index contributed by atoms with van der Waals surface area (Å²) in [7, 11) is 0. The maximum Gasteiger partial charge on any atom is 0.119 e. The maximum atomic E-state index is 5.77. The van der Waals surface area contributed by atoms with Crippen LogP contribution in [0.5, 0.6) is 5.75 Å². The topological polar surface area (TPSA) is 21.3 Å². The minimum atomic E-state index is 0.796. The first-order chi connectivity index (χ1) is 13.3. The van der Waals surface area contributed by atoms with Crippen LogP contribution in [0.3, 0.4) is 0 Å². The van der Waals surface area contributed by atoms with E-state index in [1.54, 1.807) is 0 Å². The van der Waals surface area contributed by atoms with E-state index in [4.69, 9.17) is 4.74 Å². The quantitative estimate of drug-likeness (QED) is 0.367. The molecule has 0 radical (unpaired) electrons. The van der Waals surface area contributed by atoms with Crippen molar-refractivity contribution in [3.63, 3.8) is 0 Å². The predicted molar refractivity (Wildman–Crippen MR) is 118 cm³/mol. The molecule has 146 valence electrons. The fourth-order valence-corrected chi connectivity index (χ4v) is 2.99. The molecule has 0 heterocycles. The van der Waals surface area contributed by atoms with Crippen LogP contribution in [0.25, 0.3) is 6.08 Å². The lowest BCUT2D eigenvalue weighted by atomic mass is 10.1. The molecule has 0 aliphatic rings. The number of hydrogen-bond acceptors (Lipinski definition) is 2. The Labute approximate surface area is 165 Å². The smallest absolute Gasteiger partial charge is 0.119 e. The molecule has 0 bridgehead atoms. The minimum absolute atomic E-state index is 0.796. The Kier molecular flexibility index (Phi) is 10.2. The second-order valence-corrected chi connectivity index (χ2v) is 7.10. The monoisotopic (exact) mass is 365 g/mol. The third-order valence-electron chi connectivity index (χ3n) is 4.62. The number of rotatable bonds is 13. The number of benzene rings is 2. The number of para-hydroxylation sites is 1. The highest BCUT2D eigenvalue weighted by Gasteiger charge is 2.01. The van der Waals surface area contributed by atoms with Gasteiger partial charge in [0.2, 0.25) is 0 Å². The van der Waals surface area contributed by atoms with Crippen LogP contribution in [0.2, 0.25) is 0 Å². The Bertz CT molecular complexity index is 646. The number of nitrogens with one attached hydrogen (secondary N) is 1. The Balaban J connectivity index is 1.99. The number of allylic oxidation sites excluding steroid dienone is 1. The van der Waals surface area contributed by atoms with E-state index >= 15 is 0 Å². The molecule has 0 amide bonds. The van der Waals surface area contributed by atoms with Gasteiger partial charge in [-0.1, -0.05) is 76.3 Å². The number of ether oxygens (including phenoxy) is 1. The Morgan fingerprint density at radius 1 is 0.815 bits per heavy atom. The molecule has 1 N–H and O–H groups in total. The van der Waals surface area contributed by atoms with Crippen molar-refractivity contribution in [3.05, 3.63) is 65.9 Å². The molecule has 0 saturated carbocycles. The van der Waals surface area contributed by atoms with E-state index in [1.807, 2.05) is 0 Å². The van der Waals surface area contributed by atoms with E-state index < -0.39 is 0 Å². The number of unbranched alkanes of at least 4 members (excludes halogenated alkanes) is 5. The molecule has 2 nitrogen and oxygen atoms in total. The zero-order valence-corrected chi connectivity index (χ0v) is 17.0. The third kappa shape index (κ3) is 8.81. The lowest BCUT2D eigenvalue weighted by molar-refractivity contribution is 0.309. The van der Waals surface area contributed by atoms with Gasteiger partial charge >= 0.3 is 0 Å². The molecule has 0 fully saturated rings.